The molecule has 36 heavy (non-hydrogen) atoms. The van der Waals surface area contributed by atoms with E-state index >= 15 is 0 Å². The lowest BCUT2D eigenvalue weighted by atomic mass is 10.1. The molecule has 0 N–H and O–H groups in total. The molecule has 0 radical (unpaired) electrons. The van der Waals surface area contributed by atoms with Gasteiger partial charge >= 0.3 is 0 Å². The first-order chi connectivity index (χ1) is 17.5. The van der Waals surface area contributed by atoms with Crippen LogP contribution in [0, 0.1) is 0 Å². The number of aromatic nitrogens is 2. The predicted molar refractivity (Wildman–Crippen MR) is 141 cm³/mol. The predicted octanol–water partition coefficient (Wildman–Crippen LogP) is 5.01. The summed E-state index contributed by atoms with van der Waals surface area (Å²) in [5, 5.41) is 8.80. The maximum absolute atomic E-state index is 13.2. The molecule has 2 heterocycles. The number of anilines is 1. The molecule has 0 bridgehead atoms. The quantitative estimate of drug-likeness (QED) is 0.355. The van der Waals surface area contributed by atoms with E-state index in [0.717, 1.165) is 23.5 Å². The maximum atomic E-state index is 13.2. The normalized spacial score (nSPS) is 14.5. The van der Waals surface area contributed by atoms with Crippen LogP contribution in [0.5, 0.6) is 11.5 Å². The van der Waals surface area contributed by atoms with Crippen LogP contribution in [-0.2, 0) is 16.4 Å². The molecule has 0 atom stereocenters. The van der Waals surface area contributed by atoms with Crippen molar-refractivity contribution in [1.82, 2.24) is 14.5 Å². The first kappa shape index (κ1) is 24.0. The van der Waals surface area contributed by atoms with Crippen LogP contribution in [0.2, 0.25) is 0 Å². The lowest BCUT2D eigenvalue weighted by molar-refractivity contribution is 0.383. The number of piperazine rings is 1. The monoisotopic (exact) mass is 500 g/mol. The number of benzene rings is 3. The van der Waals surface area contributed by atoms with E-state index in [2.05, 4.69) is 46.3 Å². The summed E-state index contributed by atoms with van der Waals surface area (Å²) in [5.41, 5.74) is 3.14. The first-order valence-corrected chi connectivity index (χ1v) is 13.5. The second kappa shape index (κ2) is 10.5. The molecule has 1 aliphatic heterocycles. The van der Waals surface area contributed by atoms with Gasteiger partial charge in [-0.1, -0.05) is 49.4 Å². The average Bonchev–Trinajstić information content (AvgIpc) is 2.94. The minimum atomic E-state index is -3.59. The third kappa shape index (κ3) is 5.24. The van der Waals surface area contributed by atoms with Gasteiger partial charge in [0.1, 0.15) is 11.5 Å². The topological polar surface area (TPSA) is 75.6 Å². The Balaban J connectivity index is 1.20. The van der Waals surface area contributed by atoms with E-state index in [4.69, 9.17) is 4.74 Å². The van der Waals surface area contributed by atoms with E-state index in [0.29, 0.717) is 37.7 Å². The fraction of sp³-hybridized carbons (Fsp3) is 0.214. The second-order valence-corrected chi connectivity index (χ2v) is 10.5. The molecule has 0 aliphatic carbocycles. The van der Waals surface area contributed by atoms with Crippen LogP contribution in [0.3, 0.4) is 0 Å². The van der Waals surface area contributed by atoms with E-state index in [1.54, 1.807) is 24.3 Å². The third-order valence-electron chi connectivity index (χ3n) is 6.31. The number of ether oxygens (including phenoxy) is 1. The molecule has 0 spiro atoms. The number of hydrogen-bond donors (Lipinski definition) is 0. The molecule has 0 unspecified atom stereocenters. The Kier molecular flexibility index (Phi) is 6.97. The summed E-state index contributed by atoms with van der Waals surface area (Å²) in [6.45, 7) is 3.99. The number of nitrogens with zero attached hydrogens (tertiary/aromatic N) is 4. The van der Waals surface area contributed by atoms with E-state index in [9.17, 15) is 8.42 Å². The smallest absolute Gasteiger partial charge is 0.243 e. The van der Waals surface area contributed by atoms with Crippen LogP contribution in [0.4, 0.5) is 5.82 Å². The molecule has 3 aromatic carbocycles. The molecule has 1 saturated heterocycles. The van der Waals surface area contributed by atoms with E-state index < -0.39 is 10.0 Å². The molecule has 7 nitrogen and oxygen atoms in total. The summed E-state index contributed by atoms with van der Waals surface area (Å²) in [4.78, 5) is 2.33. The fourth-order valence-electron chi connectivity index (χ4n) is 4.17. The van der Waals surface area contributed by atoms with Crippen molar-refractivity contribution in [3.05, 3.63) is 96.6 Å². The van der Waals surface area contributed by atoms with Crippen molar-refractivity contribution in [2.75, 3.05) is 31.1 Å². The Morgan fingerprint density at radius 3 is 2.03 bits per heavy atom. The summed E-state index contributed by atoms with van der Waals surface area (Å²) < 4.78 is 33.7. The van der Waals surface area contributed by atoms with Crippen molar-refractivity contribution in [3.63, 3.8) is 0 Å². The van der Waals surface area contributed by atoms with Crippen molar-refractivity contribution in [1.29, 1.82) is 0 Å². The average molecular weight is 501 g/mol. The first-order valence-electron chi connectivity index (χ1n) is 12.0. The van der Waals surface area contributed by atoms with Gasteiger partial charge in [0.25, 0.3) is 0 Å². The summed E-state index contributed by atoms with van der Waals surface area (Å²) >= 11 is 0. The zero-order valence-electron chi connectivity index (χ0n) is 20.1. The Bertz CT molecular complexity index is 1380. The highest BCUT2D eigenvalue weighted by molar-refractivity contribution is 7.89. The van der Waals surface area contributed by atoms with E-state index in [1.807, 2.05) is 42.5 Å². The molecule has 4 aromatic rings. The molecule has 184 valence electrons. The number of rotatable bonds is 7. The second-order valence-electron chi connectivity index (χ2n) is 8.60. The molecule has 1 aliphatic rings. The van der Waals surface area contributed by atoms with Gasteiger partial charge in [-0.2, -0.15) is 4.31 Å². The number of sulfonamides is 1. The number of para-hydroxylation sites is 1. The van der Waals surface area contributed by atoms with Gasteiger partial charge in [0.15, 0.2) is 5.82 Å². The highest BCUT2D eigenvalue weighted by Crippen LogP contribution is 2.26. The minimum absolute atomic E-state index is 0.259. The summed E-state index contributed by atoms with van der Waals surface area (Å²) in [6, 6.07) is 28.2. The third-order valence-corrected chi connectivity index (χ3v) is 8.22. The van der Waals surface area contributed by atoms with Crippen molar-refractivity contribution < 1.29 is 13.2 Å². The zero-order valence-corrected chi connectivity index (χ0v) is 20.9. The highest BCUT2D eigenvalue weighted by atomic mass is 32.2. The Morgan fingerprint density at radius 2 is 1.42 bits per heavy atom. The molecule has 8 heteroatoms. The summed E-state index contributed by atoms with van der Waals surface area (Å²) in [5.74, 6) is 2.05. The van der Waals surface area contributed by atoms with Gasteiger partial charge in [0, 0.05) is 31.7 Å². The van der Waals surface area contributed by atoms with Crippen LogP contribution >= 0.6 is 0 Å². The van der Waals surface area contributed by atoms with Gasteiger partial charge < -0.3 is 9.64 Å². The minimum Gasteiger partial charge on any atom is -0.457 e. The highest BCUT2D eigenvalue weighted by Gasteiger charge is 2.29. The van der Waals surface area contributed by atoms with E-state index in [-0.39, 0.29) is 4.90 Å². The van der Waals surface area contributed by atoms with Crippen LogP contribution in [-0.4, -0.2) is 49.1 Å². The lowest BCUT2D eigenvalue weighted by Gasteiger charge is -2.34. The van der Waals surface area contributed by atoms with Gasteiger partial charge in [-0.15, -0.1) is 10.2 Å². The zero-order chi connectivity index (χ0) is 25.0. The molecule has 1 fully saturated rings. The van der Waals surface area contributed by atoms with Gasteiger partial charge in [0.05, 0.1) is 10.6 Å². The van der Waals surface area contributed by atoms with Crippen molar-refractivity contribution in [2.45, 2.75) is 18.2 Å². The van der Waals surface area contributed by atoms with Crippen LogP contribution in [0.15, 0.2) is 95.9 Å². The Labute approximate surface area is 212 Å². The lowest BCUT2D eigenvalue weighted by Crippen LogP contribution is -2.48. The van der Waals surface area contributed by atoms with Crippen molar-refractivity contribution >= 4 is 15.8 Å². The number of aryl methyl sites for hydroxylation is 1. The maximum Gasteiger partial charge on any atom is 0.243 e. The molecule has 5 rings (SSSR count). The summed E-state index contributed by atoms with van der Waals surface area (Å²) in [6.07, 6.45) is 1.00. The van der Waals surface area contributed by atoms with E-state index in [1.165, 1.54) is 9.87 Å². The largest absolute Gasteiger partial charge is 0.457 e. The molecule has 1 aromatic heterocycles. The molecule has 0 saturated carbocycles. The number of hydrogen-bond acceptors (Lipinski definition) is 6. The Morgan fingerprint density at radius 1 is 0.750 bits per heavy atom. The molecule has 0 amide bonds. The van der Waals surface area contributed by atoms with Crippen LogP contribution < -0.4 is 9.64 Å². The van der Waals surface area contributed by atoms with Gasteiger partial charge in [-0.25, -0.2) is 8.42 Å². The molecular weight excluding hydrogens is 472 g/mol. The fourth-order valence-corrected chi connectivity index (χ4v) is 5.59. The molecular formula is C28H28N4O3S. The van der Waals surface area contributed by atoms with Crippen LogP contribution in [0.25, 0.3) is 11.3 Å². The summed E-state index contributed by atoms with van der Waals surface area (Å²) in [7, 11) is -3.59. The van der Waals surface area contributed by atoms with Gasteiger partial charge in [-0.05, 0) is 60.5 Å². The van der Waals surface area contributed by atoms with Crippen LogP contribution in [0.1, 0.15) is 12.5 Å². The Hall–Kier alpha value is -3.75. The SMILES string of the molecule is CCc1ccc(-c2ccc(N3CCN(S(=O)(=O)c4ccc(Oc5ccccc5)cc4)CC3)nn2)cc1. The standard InChI is InChI=1S/C28H28N4O3S/c1-2-22-8-10-23(11-9-22)27-16-17-28(30-29-27)31-18-20-32(21-19-31)36(33,34)26-14-12-25(13-15-26)35-24-6-4-3-5-7-24/h3-17H,2,18-21H2,1H3. The van der Waals surface area contributed by atoms with Gasteiger partial charge in [-0.3, -0.25) is 0 Å². The van der Waals surface area contributed by atoms with Crippen molar-refractivity contribution in [2.24, 2.45) is 0 Å². The van der Waals surface area contributed by atoms with Gasteiger partial charge in [0.2, 0.25) is 10.0 Å². The van der Waals surface area contributed by atoms with Crippen molar-refractivity contribution in [3.8, 4) is 22.8 Å².